The van der Waals surface area contributed by atoms with Crippen molar-refractivity contribution >= 4 is 28.2 Å². The number of nitrogen functional groups attached to an aromatic ring is 1. The molecule has 0 bridgehead atoms. The van der Waals surface area contributed by atoms with Crippen molar-refractivity contribution in [2.45, 2.75) is 32.0 Å². The third-order valence-corrected chi connectivity index (χ3v) is 3.58. The van der Waals surface area contributed by atoms with Gasteiger partial charge in [-0.1, -0.05) is 0 Å². The van der Waals surface area contributed by atoms with Gasteiger partial charge in [0.05, 0.1) is 23.0 Å². The number of aromatic nitrogens is 1. The Balaban J connectivity index is 1.88. The van der Waals surface area contributed by atoms with Crippen LogP contribution >= 0.6 is 0 Å². The lowest BCUT2D eigenvalue weighted by Gasteiger charge is -2.13. The fourth-order valence-electron chi connectivity index (χ4n) is 2.51. The first-order chi connectivity index (χ1) is 9.65. The normalized spacial score (nSPS) is 22.1. The van der Waals surface area contributed by atoms with Crippen LogP contribution in [0, 0.1) is 0 Å². The van der Waals surface area contributed by atoms with Crippen molar-refractivity contribution in [3.63, 3.8) is 0 Å². The molecule has 104 valence electrons. The van der Waals surface area contributed by atoms with Gasteiger partial charge in [0.1, 0.15) is 6.10 Å². The summed E-state index contributed by atoms with van der Waals surface area (Å²) in [5.41, 5.74) is 7.92. The van der Waals surface area contributed by atoms with Crippen molar-refractivity contribution in [3.05, 3.63) is 30.5 Å². The maximum absolute atomic E-state index is 12.2. The monoisotopic (exact) mass is 271 g/mol. The molecule has 3 rings (SSSR count). The Morgan fingerprint density at radius 1 is 1.40 bits per heavy atom. The molecule has 5 heteroatoms. The molecule has 2 aromatic rings. The number of amides is 1. The van der Waals surface area contributed by atoms with Gasteiger partial charge in [-0.05, 0) is 44.0 Å². The summed E-state index contributed by atoms with van der Waals surface area (Å²) in [6.07, 6.45) is 3.15. The molecule has 2 unspecified atom stereocenters. The number of hydrogen-bond donors (Lipinski definition) is 2. The Kier molecular flexibility index (Phi) is 3.28. The van der Waals surface area contributed by atoms with E-state index in [0.717, 1.165) is 23.9 Å². The van der Waals surface area contributed by atoms with Crippen molar-refractivity contribution < 1.29 is 9.53 Å². The van der Waals surface area contributed by atoms with E-state index in [0.29, 0.717) is 11.2 Å². The van der Waals surface area contributed by atoms with Gasteiger partial charge in [-0.25, -0.2) is 0 Å². The number of fused-ring (bicyclic) bond motifs is 1. The summed E-state index contributed by atoms with van der Waals surface area (Å²) in [5, 5.41) is 3.75. The van der Waals surface area contributed by atoms with E-state index in [4.69, 9.17) is 10.5 Å². The zero-order valence-electron chi connectivity index (χ0n) is 11.3. The molecule has 1 aliphatic heterocycles. The highest BCUT2D eigenvalue weighted by Gasteiger charge is 2.28. The maximum atomic E-state index is 12.2. The van der Waals surface area contributed by atoms with Crippen molar-refractivity contribution in [1.82, 2.24) is 4.98 Å². The number of rotatable bonds is 2. The van der Waals surface area contributed by atoms with Crippen LogP contribution in [0.5, 0.6) is 0 Å². The molecule has 20 heavy (non-hydrogen) atoms. The molecular formula is C15H17N3O2. The maximum Gasteiger partial charge on any atom is 0.253 e. The Bertz CT molecular complexity index is 657. The number of anilines is 2. The highest BCUT2D eigenvalue weighted by Crippen LogP contribution is 2.27. The minimum Gasteiger partial charge on any atom is -0.397 e. The summed E-state index contributed by atoms with van der Waals surface area (Å²) in [6, 6.07) is 7.27. The molecule has 1 saturated heterocycles. The van der Waals surface area contributed by atoms with E-state index in [1.807, 2.05) is 19.1 Å². The van der Waals surface area contributed by atoms with E-state index in [2.05, 4.69) is 10.3 Å². The van der Waals surface area contributed by atoms with Gasteiger partial charge in [-0.15, -0.1) is 0 Å². The Hall–Kier alpha value is -2.14. The molecule has 1 aromatic heterocycles. The second-order valence-electron chi connectivity index (χ2n) is 5.10. The van der Waals surface area contributed by atoms with Crippen LogP contribution < -0.4 is 11.1 Å². The number of ether oxygens (including phenoxy) is 1. The third kappa shape index (κ3) is 2.32. The van der Waals surface area contributed by atoms with Crippen LogP contribution in [0.4, 0.5) is 11.4 Å². The standard InChI is InChI=1S/C15H17N3O2/c1-9-4-7-13(20-9)15(19)18-12-6-5-11(16)14-10(12)3-2-8-17-14/h2-3,5-6,8-9,13H,4,7,16H2,1H3,(H,18,19). The first-order valence-electron chi connectivity index (χ1n) is 6.74. The number of carbonyl (C=O) groups is 1. The first kappa shape index (κ1) is 12.9. The van der Waals surface area contributed by atoms with Gasteiger partial charge < -0.3 is 15.8 Å². The fourth-order valence-corrected chi connectivity index (χ4v) is 2.51. The van der Waals surface area contributed by atoms with Gasteiger partial charge in [0, 0.05) is 11.6 Å². The predicted octanol–water partition coefficient (Wildman–Crippen LogP) is 2.32. The quantitative estimate of drug-likeness (QED) is 0.822. The molecule has 2 atom stereocenters. The van der Waals surface area contributed by atoms with Gasteiger partial charge in [0.15, 0.2) is 0 Å². The van der Waals surface area contributed by atoms with Crippen LogP contribution in [-0.2, 0) is 9.53 Å². The van der Waals surface area contributed by atoms with E-state index in [1.54, 1.807) is 18.3 Å². The third-order valence-electron chi connectivity index (χ3n) is 3.58. The van der Waals surface area contributed by atoms with Crippen LogP contribution in [0.15, 0.2) is 30.5 Å². The number of nitrogens with zero attached hydrogens (tertiary/aromatic N) is 1. The minimum atomic E-state index is -0.366. The lowest BCUT2D eigenvalue weighted by molar-refractivity contribution is -0.126. The summed E-state index contributed by atoms with van der Waals surface area (Å²) in [7, 11) is 0. The zero-order chi connectivity index (χ0) is 14.1. The molecule has 0 aliphatic carbocycles. The molecule has 5 nitrogen and oxygen atoms in total. The van der Waals surface area contributed by atoms with Gasteiger partial charge in [0.2, 0.25) is 0 Å². The van der Waals surface area contributed by atoms with Crippen molar-refractivity contribution in [2.24, 2.45) is 0 Å². The predicted molar refractivity (Wildman–Crippen MR) is 78.4 cm³/mol. The molecule has 2 heterocycles. The molecule has 1 amide bonds. The van der Waals surface area contributed by atoms with Crippen LogP contribution in [-0.4, -0.2) is 23.1 Å². The minimum absolute atomic E-state index is 0.107. The second-order valence-corrected chi connectivity index (χ2v) is 5.10. The van der Waals surface area contributed by atoms with E-state index in [1.165, 1.54) is 0 Å². The summed E-state index contributed by atoms with van der Waals surface area (Å²) in [6.45, 7) is 1.98. The molecular weight excluding hydrogens is 254 g/mol. The van der Waals surface area contributed by atoms with Crippen molar-refractivity contribution in [2.75, 3.05) is 11.1 Å². The molecule has 3 N–H and O–H groups in total. The van der Waals surface area contributed by atoms with Gasteiger partial charge in [-0.3, -0.25) is 9.78 Å². The molecule has 1 fully saturated rings. The number of pyridine rings is 1. The smallest absolute Gasteiger partial charge is 0.253 e. The molecule has 1 aromatic carbocycles. The number of carbonyl (C=O) groups excluding carboxylic acids is 1. The topological polar surface area (TPSA) is 77.2 Å². The van der Waals surface area contributed by atoms with Crippen LogP contribution in [0.25, 0.3) is 10.9 Å². The lowest BCUT2D eigenvalue weighted by Crippen LogP contribution is -2.27. The average Bonchev–Trinajstić information content (AvgIpc) is 2.89. The van der Waals surface area contributed by atoms with Crippen LogP contribution in [0.2, 0.25) is 0 Å². The Labute approximate surface area is 117 Å². The van der Waals surface area contributed by atoms with E-state index in [-0.39, 0.29) is 18.1 Å². The number of hydrogen-bond acceptors (Lipinski definition) is 4. The number of nitrogens with one attached hydrogen (secondary N) is 1. The molecule has 0 saturated carbocycles. The van der Waals surface area contributed by atoms with E-state index >= 15 is 0 Å². The van der Waals surface area contributed by atoms with Crippen molar-refractivity contribution in [3.8, 4) is 0 Å². The van der Waals surface area contributed by atoms with Crippen LogP contribution in [0.1, 0.15) is 19.8 Å². The molecule has 0 radical (unpaired) electrons. The highest BCUT2D eigenvalue weighted by molar-refractivity contribution is 6.05. The lowest BCUT2D eigenvalue weighted by atomic mass is 10.1. The summed E-state index contributed by atoms with van der Waals surface area (Å²) >= 11 is 0. The molecule has 0 spiro atoms. The van der Waals surface area contributed by atoms with E-state index < -0.39 is 0 Å². The Morgan fingerprint density at radius 3 is 3.00 bits per heavy atom. The van der Waals surface area contributed by atoms with Crippen LogP contribution in [0.3, 0.4) is 0 Å². The number of benzene rings is 1. The second kappa shape index (κ2) is 5.09. The van der Waals surface area contributed by atoms with Gasteiger partial charge in [0.25, 0.3) is 5.91 Å². The zero-order valence-corrected chi connectivity index (χ0v) is 11.3. The van der Waals surface area contributed by atoms with Gasteiger partial charge >= 0.3 is 0 Å². The highest BCUT2D eigenvalue weighted by atomic mass is 16.5. The first-order valence-corrected chi connectivity index (χ1v) is 6.74. The van der Waals surface area contributed by atoms with Crippen molar-refractivity contribution in [1.29, 1.82) is 0 Å². The Morgan fingerprint density at radius 2 is 2.25 bits per heavy atom. The molecule has 1 aliphatic rings. The largest absolute Gasteiger partial charge is 0.397 e. The SMILES string of the molecule is CC1CCC(C(=O)Nc2ccc(N)c3ncccc23)O1. The van der Waals surface area contributed by atoms with E-state index in [9.17, 15) is 4.79 Å². The fraction of sp³-hybridized carbons (Fsp3) is 0.333. The summed E-state index contributed by atoms with van der Waals surface area (Å²) in [4.78, 5) is 16.5. The van der Waals surface area contributed by atoms with Gasteiger partial charge in [-0.2, -0.15) is 0 Å². The summed E-state index contributed by atoms with van der Waals surface area (Å²) < 4.78 is 5.58. The summed E-state index contributed by atoms with van der Waals surface area (Å²) in [5.74, 6) is -0.107. The number of nitrogens with two attached hydrogens (primary N) is 1. The average molecular weight is 271 g/mol.